The average molecular weight is 240 g/mol. The molecule has 1 N–H and O–H groups in total. The zero-order valence-corrected chi connectivity index (χ0v) is 9.56. The molecule has 2 aromatic rings. The van der Waals surface area contributed by atoms with E-state index in [1.54, 1.807) is 24.0 Å². The second-order valence-corrected chi connectivity index (χ2v) is 3.70. The van der Waals surface area contributed by atoms with Gasteiger partial charge in [0.2, 0.25) is 0 Å². The number of nitrogens with zero attached hydrogens (tertiary/aromatic N) is 4. The fraction of sp³-hybridized carbons (Fsp3) is 0.222. The number of aromatic nitrogens is 4. The predicted octanol–water partition coefficient (Wildman–Crippen LogP) is 0.911. The molecule has 2 aromatic heterocycles. The molecule has 0 unspecified atom stereocenters. The van der Waals surface area contributed by atoms with Crippen LogP contribution in [0.3, 0.4) is 0 Å². The zero-order valence-electron chi connectivity index (χ0n) is 8.81. The molecular formula is C9H10ClN5O. The minimum absolute atomic E-state index is 0.250. The summed E-state index contributed by atoms with van der Waals surface area (Å²) in [6.07, 6.45) is 1.77. The van der Waals surface area contributed by atoms with Gasteiger partial charge in [-0.05, 0) is 0 Å². The van der Waals surface area contributed by atoms with Crippen molar-refractivity contribution in [1.82, 2.24) is 19.6 Å². The summed E-state index contributed by atoms with van der Waals surface area (Å²) in [6, 6.07) is 3.23. The molecule has 2 rings (SSSR count). The third-order valence-corrected chi connectivity index (χ3v) is 2.19. The van der Waals surface area contributed by atoms with Gasteiger partial charge in [0.1, 0.15) is 5.69 Å². The van der Waals surface area contributed by atoms with Crippen molar-refractivity contribution in [3.05, 3.63) is 33.8 Å². The summed E-state index contributed by atoms with van der Waals surface area (Å²) in [5.74, 6) is 0.585. The summed E-state index contributed by atoms with van der Waals surface area (Å²) in [7, 11) is 3.33. The predicted molar refractivity (Wildman–Crippen MR) is 61.0 cm³/mol. The van der Waals surface area contributed by atoms with Gasteiger partial charge in [0, 0.05) is 32.4 Å². The van der Waals surface area contributed by atoms with Gasteiger partial charge in [-0.1, -0.05) is 11.6 Å². The molecule has 0 radical (unpaired) electrons. The summed E-state index contributed by atoms with van der Waals surface area (Å²) in [5.41, 5.74) is 0.0938. The fourth-order valence-electron chi connectivity index (χ4n) is 1.28. The van der Waals surface area contributed by atoms with Crippen LogP contribution in [0.5, 0.6) is 0 Å². The van der Waals surface area contributed by atoms with Gasteiger partial charge in [-0.3, -0.25) is 9.48 Å². The smallest absolute Gasteiger partial charge is 0.290 e. The molecule has 0 bridgehead atoms. The lowest BCUT2D eigenvalue weighted by molar-refractivity contribution is 0.710. The minimum Gasteiger partial charge on any atom is -0.334 e. The van der Waals surface area contributed by atoms with Gasteiger partial charge in [0.25, 0.3) is 5.56 Å². The summed E-state index contributed by atoms with van der Waals surface area (Å²) in [4.78, 5) is 11.7. The first-order valence-electron chi connectivity index (χ1n) is 4.57. The highest BCUT2D eigenvalue weighted by Crippen LogP contribution is 2.12. The van der Waals surface area contributed by atoms with Gasteiger partial charge >= 0.3 is 0 Å². The second-order valence-electron chi connectivity index (χ2n) is 3.31. The number of halogens is 1. The minimum atomic E-state index is -0.255. The van der Waals surface area contributed by atoms with E-state index in [1.807, 2.05) is 0 Å². The standard InChI is InChI=1S/C9H10ClN5O/c1-14-4-3-8(13-14)11-6-5-7(10)12-15(2)9(6)16/h3-5H,1-2H3,(H,11,13). The van der Waals surface area contributed by atoms with E-state index in [0.29, 0.717) is 11.5 Å². The third-order valence-electron chi connectivity index (χ3n) is 2.01. The monoisotopic (exact) mass is 239 g/mol. The number of hydrogen-bond donors (Lipinski definition) is 1. The fourth-order valence-corrected chi connectivity index (χ4v) is 1.50. The van der Waals surface area contributed by atoms with Gasteiger partial charge in [0.15, 0.2) is 11.0 Å². The molecule has 84 valence electrons. The normalized spacial score (nSPS) is 10.4. The van der Waals surface area contributed by atoms with Gasteiger partial charge in [-0.2, -0.15) is 10.2 Å². The lowest BCUT2D eigenvalue weighted by Gasteiger charge is -2.04. The Bertz CT molecular complexity index is 574. The van der Waals surface area contributed by atoms with E-state index >= 15 is 0 Å². The number of aryl methyl sites for hydroxylation is 2. The summed E-state index contributed by atoms with van der Waals surface area (Å²) in [5, 5.41) is 11.0. The van der Waals surface area contributed by atoms with E-state index in [4.69, 9.17) is 11.6 Å². The largest absolute Gasteiger partial charge is 0.334 e. The van der Waals surface area contributed by atoms with Crippen LogP contribution in [0.15, 0.2) is 23.1 Å². The Labute approximate surface area is 96.5 Å². The topological polar surface area (TPSA) is 64.7 Å². The van der Waals surface area contributed by atoms with Crippen LogP contribution in [0.4, 0.5) is 11.5 Å². The van der Waals surface area contributed by atoms with E-state index in [-0.39, 0.29) is 10.7 Å². The lowest BCUT2D eigenvalue weighted by Crippen LogP contribution is -2.22. The molecule has 0 aliphatic rings. The molecule has 0 amide bonds. The Morgan fingerprint density at radius 2 is 2.12 bits per heavy atom. The number of hydrogen-bond acceptors (Lipinski definition) is 4. The van der Waals surface area contributed by atoms with Crippen molar-refractivity contribution < 1.29 is 0 Å². The van der Waals surface area contributed by atoms with Crippen molar-refractivity contribution in [3.63, 3.8) is 0 Å². The van der Waals surface area contributed by atoms with E-state index in [0.717, 1.165) is 0 Å². The molecule has 0 atom stereocenters. The first-order valence-corrected chi connectivity index (χ1v) is 4.94. The van der Waals surface area contributed by atoms with Gasteiger partial charge < -0.3 is 5.32 Å². The maximum Gasteiger partial charge on any atom is 0.290 e. The van der Waals surface area contributed by atoms with Crippen LogP contribution in [-0.4, -0.2) is 19.6 Å². The number of nitrogens with one attached hydrogen (secondary N) is 1. The average Bonchev–Trinajstić information content (AvgIpc) is 2.60. The van der Waals surface area contributed by atoms with Crippen LogP contribution in [0.2, 0.25) is 5.15 Å². The van der Waals surface area contributed by atoms with E-state index < -0.39 is 0 Å². The van der Waals surface area contributed by atoms with Crippen LogP contribution >= 0.6 is 11.6 Å². The van der Waals surface area contributed by atoms with Crippen LogP contribution in [0.25, 0.3) is 0 Å². The molecule has 0 aromatic carbocycles. The molecule has 7 heteroatoms. The molecule has 0 saturated heterocycles. The van der Waals surface area contributed by atoms with E-state index in [9.17, 15) is 4.79 Å². The van der Waals surface area contributed by atoms with Crippen LogP contribution < -0.4 is 10.9 Å². The highest BCUT2D eigenvalue weighted by Gasteiger charge is 2.06. The molecule has 6 nitrogen and oxygen atoms in total. The first-order chi connectivity index (χ1) is 7.56. The van der Waals surface area contributed by atoms with Crippen molar-refractivity contribution in [1.29, 1.82) is 0 Å². The molecule has 16 heavy (non-hydrogen) atoms. The maximum atomic E-state index is 11.7. The molecule has 0 fully saturated rings. The van der Waals surface area contributed by atoms with Crippen molar-refractivity contribution >= 4 is 23.1 Å². The molecule has 0 aliphatic heterocycles. The molecule has 2 heterocycles. The molecule has 0 aliphatic carbocycles. The Morgan fingerprint density at radius 3 is 2.75 bits per heavy atom. The number of anilines is 2. The third kappa shape index (κ3) is 2.06. The van der Waals surface area contributed by atoms with Crippen molar-refractivity contribution in [2.75, 3.05) is 5.32 Å². The molecule has 0 spiro atoms. The Hall–Kier alpha value is -1.82. The first kappa shape index (κ1) is 10.7. The summed E-state index contributed by atoms with van der Waals surface area (Å²) < 4.78 is 2.81. The van der Waals surface area contributed by atoms with Crippen molar-refractivity contribution in [2.45, 2.75) is 0 Å². The second kappa shape index (κ2) is 3.97. The SMILES string of the molecule is Cn1ccc(Nc2cc(Cl)nn(C)c2=O)n1. The maximum absolute atomic E-state index is 11.7. The highest BCUT2D eigenvalue weighted by molar-refractivity contribution is 6.29. The number of rotatable bonds is 2. The van der Waals surface area contributed by atoms with E-state index in [2.05, 4.69) is 15.5 Å². The zero-order chi connectivity index (χ0) is 11.7. The van der Waals surface area contributed by atoms with Crippen LogP contribution in [0, 0.1) is 0 Å². The molecule has 0 saturated carbocycles. The van der Waals surface area contributed by atoms with Crippen molar-refractivity contribution in [3.8, 4) is 0 Å². The van der Waals surface area contributed by atoms with Gasteiger partial charge in [0.05, 0.1) is 0 Å². The Morgan fingerprint density at radius 1 is 1.38 bits per heavy atom. The van der Waals surface area contributed by atoms with Crippen LogP contribution in [-0.2, 0) is 14.1 Å². The Kier molecular flexibility index (Phi) is 2.66. The Balaban J connectivity index is 2.38. The summed E-state index contributed by atoms with van der Waals surface area (Å²) in [6.45, 7) is 0. The van der Waals surface area contributed by atoms with Crippen molar-refractivity contribution in [2.24, 2.45) is 14.1 Å². The van der Waals surface area contributed by atoms with Gasteiger partial charge in [-0.25, -0.2) is 4.68 Å². The summed E-state index contributed by atoms with van der Waals surface area (Å²) >= 11 is 5.76. The quantitative estimate of drug-likeness (QED) is 0.846. The van der Waals surface area contributed by atoms with Gasteiger partial charge in [-0.15, -0.1) is 0 Å². The lowest BCUT2D eigenvalue weighted by atomic mass is 10.4. The molecular weight excluding hydrogens is 230 g/mol. The van der Waals surface area contributed by atoms with E-state index in [1.165, 1.54) is 17.8 Å². The van der Waals surface area contributed by atoms with Crippen LogP contribution in [0.1, 0.15) is 0 Å². The highest BCUT2D eigenvalue weighted by atomic mass is 35.5.